The predicted molar refractivity (Wildman–Crippen MR) is 70.1 cm³/mol. The standard InChI is InChI=1S/C14H20F3NO4/c15-14(16,17)8-22-6-5-12(19)18-10-4-2-1-3-9(10)7-11(18)13(20)21/h9-11H,1-8H2,(H,20,21)/t9-,10-,11-/m0/s1. The molecule has 0 spiro atoms. The van der Waals surface area contributed by atoms with Gasteiger partial charge >= 0.3 is 12.1 Å². The maximum absolute atomic E-state index is 12.2. The fourth-order valence-electron chi connectivity index (χ4n) is 3.52. The number of hydrogen-bond acceptors (Lipinski definition) is 3. The minimum atomic E-state index is -4.42. The minimum Gasteiger partial charge on any atom is -0.480 e. The molecule has 1 N–H and O–H groups in total. The lowest BCUT2D eigenvalue weighted by molar-refractivity contribution is -0.175. The second-order valence-corrected chi connectivity index (χ2v) is 5.92. The Kier molecular flexibility index (Phi) is 5.31. The van der Waals surface area contributed by atoms with E-state index >= 15 is 0 Å². The molecule has 5 nitrogen and oxygen atoms in total. The van der Waals surface area contributed by atoms with Gasteiger partial charge in [0.2, 0.25) is 5.91 Å². The van der Waals surface area contributed by atoms with Gasteiger partial charge in [0.25, 0.3) is 0 Å². The largest absolute Gasteiger partial charge is 0.480 e. The van der Waals surface area contributed by atoms with Crippen LogP contribution in [0.25, 0.3) is 0 Å². The zero-order valence-electron chi connectivity index (χ0n) is 12.1. The zero-order chi connectivity index (χ0) is 16.3. The molecule has 126 valence electrons. The summed E-state index contributed by atoms with van der Waals surface area (Å²) < 4.78 is 40.4. The summed E-state index contributed by atoms with van der Waals surface area (Å²) in [4.78, 5) is 25.0. The summed E-state index contributed by atoms with van der Waals surface area (Å²) in [6.45, 7) is -1.74. The molecular weight excluding hydrogens is 303 g/mol. The summed E-state index contributed by atoms with van der Waals surface area (Å²) in [5.74, 6) is -1.28. The number of nitrogens with zero attached hydrogens (tertiary/aromatic N) is 1. The summed E-state index contributed by atoms with van der Waals surface area (Å²) in [6, 6.07) is -0.951. The van der Waals surface area contributed by atoms with E-state index in [2.05, 4.69) is 4.74 Å². The second kappa shape index (κ2) is 6.85. The number of ether oxygens (including phenoxy) is 1. The third-order valence-corrected chi connectivity index (χ3v) is 4.39. The lowest BCUT2D eigenvalue weighted by Crippen LogP contribution is -2.46. The highest BCUT2D eigenvalue weighted by Gasteiger charge is 2.47. The molecule has 2 rings (SSSR count). The van der Waals surface area contributed by atoms with Crippen LogP contribution in [0.3, 0.4) is 0 Å². The van der Waals surface area contributed by atoms with Crippen LogP contribution in [0.5, 0.6) is 0 Å². The average molecular weight is 323 g/mol. The van der Waals surface area contributed by atoms with E-state index in [-0.39, 0.29) is 25.0 Å². The molecule has 1 aliphatic heterocycles. The molecule has 2 fully saturated rings. The number of fused-ring (bicyclic) bond motifs is 1. The highest BCUT2D eigenvalue weighted by molar-refractivity contribution is 5.84. The number of halogens is 3. The Labute approximate surface area is 126 Å². The molecule has 8 heteroatoms. The Bertz CT molecular complexity index is 427. The number of rotatable bonds is 5. The Hall–Kier alpha value is -1.31. The van der Waals surface area contributed by atoms with Crippen molar-refractivity contribution < 1.29 is 32.6 Å². The molecule has 0 radical (unpaired) electrons. The molecule has 0 aromatic rings. The normalized spacial score (nSPS) is 28.5. The van der Waals surface area contributed by atoms with Crippen LogP contribution in [0.15, 0.2) is 0 Å². The quantitative estimate of drug-likeness (QED) is 0.788. The lowest BCUT2D eigenvalue weighted by Gasteiger charge is -2.33. The zero-order valence-corrected chi connectivity index (χ0v) is 12.1. The summed E-state index contributed by atoms with van der Waals surface area (Å²) in [7, 11) is 0. The molecule has 1 amide bonds. The van der Waals surface area contributed by atoms with E-state index in [0.717, 1.165) is 25.7 Å². The van der Waals surface area contributed by atoms with Gasteiger partial charge < -0.3 is 14.7 Å². The van der Waals surface area contributed by atoms with Gasteiger partial charge in [0.1, 0.15) is 12.6 Å². The summed E-state index contributed by atoms with van der Waals surface area (Å²) >= 11 is 0. The number of likely N-dealkylation sites (tertiary alicyclic amines) is 1. The van der Waals surface area contributed by atoms with Crippen LogP contribution in [0, 0.1) is 5.92 Å². The van der Waals surface area contributed by atoms with Crippen LogP contribution in [0.1, 0.15) is 38.5 Å². The molecule has 1 saturated carbocycles. The summed E-state index contributed by atoms with van der Waals surface area (Å²) in [5.41, 5.74) is 0. The Morgan fingerprint density at radius 2 is 1.91 bits per heavy atom. The van der Waals surface area contributed by atoms with Crippen molar-refractivity contribution in [1.82, 2.24) is 4.90 Å². The van der Waals surface area contributed by atoms with E-state index < -0.39 is 30.7 Å². The van der Waals surface area contributed by atoms with Crippen molar-refractivity contribution in [2.75, 3.05) is 13.2 Å². The molecule has 1 aliphatic carbocycles. The third kappa shape index (κ3) is 4.12. The van der Waals surface area contributed by atoms with Gasteiger partial charge in [-0.05, 0) is 25.2 Å². The number of hydrogen-bond donors (Lipinski definition) is 1. The molecule has 0 bridgehead atoms. The van der Waals surface area contributed by atoms with E-state index in [1.165, 1.54) is 4.90 Å². The smallest absolute Gasteiger partial charge is 0.411 e. The Morgan fingerprint density at radius 3 is 2.55 bits per heavy atom. The first kappa shape index (κ1) is 17.1. The number of carboxylic acid groups (broad SMARTS) is 1. The molecule has 0 aromatic heterocycles. The third-order valence-electron chi connectivity index (χ3n) is 4.39. The van der Waals surface area contributed by atoms with Gasteiger partial charge in [-0.25, -0.2) is 4.79 Å². The van der Waals surface area contributed by atoms with Crippen molar-refractivity contribution in [3.63, 3.8) is 0 Å². The van der Waals surface area contributed by atoms with Gasteiger partial charge in [-0.2, -0.15) is 13.2 Å². The molecule has 0 aromatic carbocycles. The number of carbonyl (C=O) groups is 2. The number of carbonyl (C=O) groups excluding carboxylic acids is 1. The van der Waals surface area contributed by atoms with Crippen LogP contribution < -0.4 is 0 Å². The highest BCUT2D eigenvalue weighted by atomic mass is 19.4. The monoisotopic (exact) mass is 323 g/mol. The van der Waals surface area contributed by atoms with Gasteiger partial charge in [0.05, 0.1) is 13.0 Å². The van der Waals surface area contributed by atoms with Crippen molar-refractivity contribution in [2.24, 2.45) is 5.92 Å². The van der Waals surface area contributed by atoms with Crippen LogP contribution in [-0.2, 0) is 14.3 Å². The van der Waals surface area contributed by atoms with Crippen molar-refractivity contribution in [3.05, 3.63) is 0 Å². The Balaban J connectivity index is 1.92. The second-order valence-electron chi connectivity index (χ2n) is 5.92. The molecule has 0 unspecified atom stereocenters. The highest BCUT2D eigenvalue weighted by Crippen LogP contribution is 2.40. The Morgan fingerprint density at radius 1 is 1.23 bits per heavy atom. The van der Waals surface area contributed by atoms with Crippen LogP contribution in [0.2, 0.25) is 0 Å². The van der Waals surface area contributed by atoms with Crippen LogP contribution >= 0.6 is 0 Å². The molecule has 1 saturated heterocycles. The fraction of sp³-hybridized carbons (Fsp3) is 0.857. The van der Waals surface area contributed by atoms with Crippen LogP contribution in [0.4, 0.5) is 13.2 Å². The minimum absolute atomic E-state index is 0.0926. The first-order chi connectivity index (χ1) is 10.3. The van der Waals surface area contributed by atoms with E-state index in [4.69, 9.17) is 0 Å². The summed E-state index contributed by atoms with van der Waals surface area (Å²) in [6.07, 6.45) is -0.550. The molecule has 2 aliphatic rings. The topological polar surface area (TPSA) is 66.8 Å². The van der Waals surface area contributed by atoms with Gasteiger partial charge in [0, 0.05) is 6.04 Å². The van der Waals surface area contributed by atoms with Crippen molar-refractivity contribution >= 4 is 11.9 Å². The first-order valence-corrected chi connectivity index (χ1v) is 7.48. The van der Waals surface area contributed by atoms with E-state index in [1.807, 2.05) is 0 Å². The van der Waals surface area contributed by atoms with Crippen LogP contribution in [-0.4, -0.2) is 53.4 Å². The van der Waals surface area contributed by atoms with E-state index in [1.54, 1.807) is 0 Å². The lowest BCUT2D eigenvalue weighted by atomic mass is 9.84. The van der Waals surface area contributed by atoms with Gasteiger partial charge in [-0.3, -0.25) is 4.79 Å². The maximum Gasteiger partial charge on any atom is 0.411 e. The van der Waals surface area contributed by atoms with E-state index in [9.17, 15) is 27.9 Å². The van der Waals surface area contributed by atoms with Gasteiger partial charge in [-0.15, -0.1) is 0 Å². The first-order valence-electron chi connectivity index (χ1n) is 7.48. The molecule has 1 heterocycles. The van der Waals surface area contributed by atoms with Crippen molar-refractivity contribution in [2.45, 2.75) is 56.8 Å². The van der Waals surface area contributed by atoms with E-state index in [0.29, 0.717) is 6.42 Å². The molecular formula is C14H20F3NO4. The molecule has 3 atom stereocenters. The molecule has 22 heavy (non-hydrogen) atoms. The van der Waals surface area contributed by atoms with Crippen molar-refractivity contribution in [1.29, 1.82) is 0 Å². The SMILES string of the molecule is O=C(O)[C@@H]1C[C@@H]2CCCC[C@@H]2N1C(=O)CCOCC(F)(F)F. The number of alkyl halides is 3. The fourth-order valence-corrected chi connectivity index (χ4v) is 3.52. The summed E-state index contributed by atoms with van der Waals surface area (Å²) in [5, 5.41) is 9.28. The number of aliphatic carboxylic acids is 1. The predicted octanol–water partition coefficient (Wildman–Crippen LogP) is 2.20. The number of amides is 1. The van der Waals surface area contributed by atoms with Gasteiger partial charge in [-0.1, -0.05) is 12.8 Å². The number of carboxylic acids is 1. The average Bonchev–Trinajstić information content (AvgIpc) is 2.82. The maximum atomic E-state index is 12.2. The van der Waals surface area contributed by atoms with Gasteiger partial charge in [0.15, 0.2) is 0 Å². The van der Waals surface area contributed by atoms with Crippen molar-refractivity contribution in [3.8, 4) is 0 Å².